The zero-order chi connectivity index (χ0) is 24.0. The Balaban J connectivity index is 1.58. The van der Waals surface area contributed by atoms with Gasteiger partial charge in [0.25, 0.3) is 5.91 Å². The van der Waals surface area contributed by atoms with Gasteiger partial charge >= 0.3 is 12.4 Å². The third-order valence-corrected chi connectivity index (χ3v) is 5.35. The number of aryl methyl sites for hydroxylation is 2. The van der Waals surface area contributed by atoms with Gasteiger partial charge in [0.2, 0.25) is 0 Å². The van der Waals surface area contributed by atoms with E-state index in [1.54, 1.807) is 12.1 Å². The largest absolute Gasteiger partial charge is 0.435 e. The second-order valence-electron chi connectivity index (χ2n) is 7.61. The first-order valence-corrected chi connectivity index (χ1v) is 9.89. The minimum Gasteiger partial charge on any atom is -0.344 e. The second-order valence-corrected chi connectivity index (χ2v) is 7.61. The molecule has 3 heterocycles. The fourth-order valence-electron chi connectivity index (χ4n) is 3.76. The van der Waals surface area contributed by atoms with Crippen LogP contribution in [-0.4, -0.2) is 25.7 Å². The lowest BCUT2D eigenvalue weighted by molar-refractivity contribution is -0.142. The van der Waals surface area contributed by atoms with Gasteiger partial charge in [-0.2, -0.15) is 31.4 Å². The lowest BCUT2D eigenvalue weighted by atomic mass is 9.90. The van der Waals surface area contributed by atoms with Crippen molar-refractivity contribution < 1.29 is 31.1 Å². The van der Waals surface area contributed by atoms with Crippen LogP contribution in [0.4, 0.5) is 26.3 Å². The molecule has 0 saturated heterocycles. The van der Waals surface area contributed by atoms with Gasteiger partial charge in [0.05, 0.1) is 11.7 Å². The molecule has 0 spiro atoms. The zero-order valence-corrected chi connectivity index (χ0v) is 17.1. The van der Waals surface area contributed by atoms with E-state index >= 15 is 0 Å². The molecule has 4 rings (SSSR count). The van der Waals surface area contributed by atoms with Crippen molar-refractivity contribution in [3.05, 3.63) is 64.9 Å². The van der Waals surface area contributed by atoms with E-state index in [1.165, 1.54) is 13.1 Å². The molecule has 3 aromatic heterocycles. The highest BCUT2D eigenvalue weighted by atomic mass is 19.4. The van der Waals surface area contributed by atoms with Crippen molar-refractivity contribution in [2.45, 2.75) is 37.7 Å². The molecule has 1 aliphatic carbocycles. The summed E-state index contributed by atoms with van der Waals surface area (Å²) < 4.78 is 78.4. The molecule has 1 atom stereocenters. The summed E-state index contributed by atoms with van der Waals surface area (Å²) in [5.74, 6) is -0.716. The number of alkyl halides is 6. The van der Waals surface area contributed by atoms with Crippen molar-refractivity contribution in [3.8, 4) is 11.3 Å². The van der Waals surface area contributed by atoms with Crippen LogP contribution in [-0.2, 0) is 25.8 Å². The van der Waals surface area contributed by atoms with Crippen LogP contribution in [0, 0.1) is 0 Å². The number of nitrogens with one attached hydrogen (secondary N) is 1. The molecule has 0 bridgehead atoms. The Bertz CT molecular complexity index is 1200. The highest BCUT2D eigenvalue weighted by molar-refractivity contribution is 5.93. The Morgan fingerprint density at radius 1 is 1.06 bits per heavy atom. The predicted octanol–water partition coefficient (Wildman–Crippen LogP) is 4.72. The van der Waals surface area contributed by atoms with E-state index in [2.05, 4.69) is 20.4 Å². The van der Waals surface area contributed by atoms with Crippen LogP contribution in [0.15, 0.2) is 36.5 Å². The van der Waals surface area contributed by atoms with Crippen LogP contribution in [0.3, 0.4) is 0 Å². The number of carbonyl (C=O) groups excluding carboxylic acids is 1. The maximum absolute atomic E-state index is 13.0. The van der Waals surface area contributed by atoms with E-state index in [1.807, 2.05) is 0 Å². The Hall–Kier alpha value is -3.44. The van der Waals surface area contributed by atoms with Crippen LogP contribution >= 0.6 is 0 Å². The normalized spacial score (nSPS) is 16.4. The van der Waals surface area contributed by atoms with Crippen LogP contribution in [0.2, 0.25) is 0 Å². The van der Waals surface area contributed by atoms with E-state index in [4.69, 9.17) is 0 Å². The average Bonchev–Trinajstić information content (AvgIpc) is 3.15. The summed E-state index contributed by atoms with van der Waals surface area (Å²) >= 11 is 0. The van der Waals surface area contributed by atoms with Crippen molar-refractivity contribution in [3.63, 3.8) is 0 Å². The number of hydrogen-bond donors (Lipinski definition) is 1. The maximum Gasteiger partial charge on any atom is 0.435 e. The number of carbonyl (C=O) groups is 1. The van der Waals surface area contributed by atoms with Gasteiger partial charge in [-0.1, -0.05) is 6.07 Å². The molecule has 174 valence electrons. The smallest absolute Gasteiger partial charge is 0.344 e. The Kier molecular flexibility index (Phi) is 5.62. The molecule has 0 unspecified atom stereocenters. The number of pyridine rings is 2. The van der Waals surface area contributed by atoms with Gasteiger partial charge < -0.3 is 5.32 Å². The third kappa shape index (κ3) is 4.69. The van der Waals surface area contributed by atoms with Crippen LogP contribution < -0.4 is 5.32 Å². The van der Waals surface area contributed by atoms with Crippen LogP contribution in [0.1, 0.15) is 52.0 Å². The summed E-state index contributed by atoms with van der Waals surface area (Å²) in [6.07, 6.45) is -6.47. The summed E-state index contributed by atoms with van der Waals surface area (Å²) in [4.78, 5) is 20.5. The molecule has 1 N–H and O–H groups in total. The highest BCUT2D eigenvalue weighted by Gasteiger charge is 2.36. The predicted molar refractivity (Wildman–Crippen MR) is 104 cm³/mol. The first-order valence-electron chi connectivity index (χ1n) is 9.89. The van der Waals surface area contributed by atoms with Crippen molar-refractivity contribution in [2.75, 3.05) is 0 Å². The maximum atomic E-state index is 13.0. The summed E-state index contributed by atoms with van der Waals surface area (Å²) in [5, 5.41) is 6.06. The van der Waals surface area contributed by atoms with Gasteiger partial charge in [-0.15, -0.1) is 0 Å². The molecule has 12 heteroatoms. The second kappa shape index (κ2) is 8.16. The van der Waals surface area contributed by atoms with Crippen molar-refractivity contribution >= 4 is 5.91 Å². The molecule has 3 aromatic rings. The number of amides is 1. The number of halogens is 6. The first-order chi connectivity index (χ1) is 15.4. The molecule has 6 nitrogen and oxygen atoms in total. The SMILES string of the molecule is Cn1nc(C(F)(F)F)cc1C(=O)N[C@@H]1CCCc2nc(-c3ccnc(C(F)(F)F)c3)ccc21. The van der Waals surface area contributed by atoms with Crippen molar-refractivity contribution in [2.24, 2.45) is 7.05 Å². The van der Waals surface area contributed by atoms with E-state index < -0.39 is 35.7 Å². The quantitative estimate of drug-likeness (QED) is 0.564. The van der Waals surface area contributed by atoms with Gasteiger partial charge in [0.15, 0.2) is 5.69 Å². The van der Waals surface area contributed by atoms with Crippen molar-refractivity contribution in [1.29, 1.82) is 0 Å². The molecule has 0 aliphatic heterocycles. The Labute approximate surface area is 183 Å². The Morgan fingerprint density at radius 3 is 2.45 bits per heavy atom. The first kappa shape index (κ1) is 22.7. The summed E-state index contributed by atoms with van der Waals surface area (Å²) in [5.41, 5.74) is -0.580. The third-order valence-electron chi connectivity index (χ3n) is 5.35. The Morgan fingerprint density at radius 2 is 1.79 bits per heavy atom. The number of aromatic nitrogens is 4. The fraction of sp³-hybridized carbons (Fsp3) is 0.333. The zero-order valence-electron chi connectivity index (χ0n) is 17.1. The number of nitrogens with zero attached hydrogens (tertiary/aromatic N) is 4. The topological polar surface area (TPSA) is 72.7 Å². The standard InChI is InChI=1S/C21H17F6N5O/c1-32-16(10-18(31-32)21(25,26)27)19(33)30-15-4-2-3-14-12(15)5-6-13(29-14)11-7-8-28-17(9-11)20(22,23)24/h5-10,15H,2-4H2,1H3,(H,30,33)/t15-/m1/s1. The van der Waals surface area contributed by atoms with Crippen LogP contribution in [0.5, 0.6) is 0 Å². The molecule has 1 amide bonds. The van der Waals surface area contributed by atoms with Gasteiger partial charge in [0.1, 0.15) is 11.4 Å². The number of hydrogen-bond acceptors (Lipinski definition) is 4. The fourth-order valence-corrected chi connectivity index (χ4v) is 3.76. The monoisotopic (exact) mass is 469 g/mol. The molecule has 1 aliphatic rings. The van der Waals surface area contributed by atoms with Gasteiger partial charge in [-0.25, -0.2) is 0 Å². The number of rotatable bonds is 3. The summed E-state index contributed by atoms with van der Waals surface area (Å²) in [6.45, 7) is 0. The van der Waals surface area contributed by atoms with Gasteiger partial charge in [-0.3, -0.25) is 19.4 Å². The van der Waals surface area contributed by atoms with Gasteiger partial charge in [-0.05, 0) is 43.0 Å². The van der Waals surface area contributed by atoms with Crippen LogP contribution in [0.25, 0.3) is 11.3 Å². The highest BCUT2D eigenvalue weighted by Crippen LogP contribution is 2.34. The lowest BCUT2D eigenvalue weighted by Gasteiger charge is -2.26. The van der Waals surface area contributed by atoms with E-state index in [0.29, 0.717) is 42.3 Å². The average molecular weight is 469 g/mol. The van der Waals surface area contributed by atoms with E-state index in [-0.39, 0.29) is 11.3 Å². The lowest BCUT2D eigenvalue weighted by Crippen LogP contribution is -2.32. The van der Waals surface area contributed by atoms with E-state index in [0.717, 1.165) is 16.9 Å². The molecule has 0 fully saturated rings. The molecule has 0 radical (unpaired) electrons. The molecular formula is C21H17F6N5O. The van der Waals surface area contributed by atoms with Gasteiger partial charge in [0, 0.05) is 30.6 Å². The minimum atomic E-state index is -4.67. The molecular weight excluding hydrogens is 452 g/mol. The minimum absolute atomic E-state index is 0.240. The molecule has 0 aromatic carbocycles. The summed E-state index contributed by atoms with van der Waals surface area (Å²) in [6, 6.07) is 5.73. The molecule has 0 saturated carbocycles. The van der Waals surface area contributed by atoms with E-state index in [9.17, 15) is 31.1 Å². The summed E-state index contributed by atoms with van der Waals surface area (Å²) in [7, 11) is 1.25. The van der Waals surface area contributed by atoms with Crippen molar-refractivity contribution in [1.82, 2.24) is 25.1 Å². The molecule has 33 heavy (non-hydrogen) atoms. The number of fused-ring (bicyclic) bond motifs is 1.